The Balaban J connectivity index is 0.00000312. The molecule has 0 aromatic heterocycles. The average molecular weight is 459 g/mol. The maximum atomic E-state index is 4.71. The SMILES string of the molecule is CN(C)C(=NCCCN1CCN(Cc2ccccc2)CC1)N(C)C.I. The van der Waals surface area contributed by atoms with Gasteiger partial charge in [0, 0.05) is 74.0 Å². The first-order valence-electron chi connectivity index (χ1n) is 8.94. The van der Waals surface area contributed by atoms with Crippen LogP contribution in [-0.2, 0) is 6.54 Å². The van der Waals surface area contributed by atoms with Crippen molar-refractivity contribution in [3.63, 3.8) is 0 Å². The van der Waals surface area contributed by atoms with Crippen LogP contribution in [0.1, 0.15) is 12.0 Å². The Labute approximate surface area is 170 Å². The topological polar surface area (TPSA) is 25.3 Å². The van der Waals surface area contributed by atoms with Crippen molar-refractivity contribution in [3.8, 4) is 0 Å². The molecule has 6 heteroatoms. The molecule has 2 rings (SSSR count). The van der Waals surface area contributed by atoms with E-state index in [1.54, 1.807) is 0 Å². The number of rotatable bonds is 6. The van der Waals surface area contributed by atoms with Crippen molar-refractivity contribution < 1.29 is 0 Å². The van der Waals surface area contributed by atoms with Crippen LogP contribution in [0.5, 0.6) is 0 Å². The lowest BCUT2D eigenvalue weighted by Crippen LogP contribution is -2.46. The second-order valence-electron chi connectivity index (χ2n) is 6.93. The molecule has 1 aromatic carbocycles. The van der Waals surface area contributed by atoms with Gasteiger partial charge in [-0.1, -0.05) is 30.3 Å². The van der Waals surface area contributed by atoms with Crippen molar-refractivity contribution in [1.29, 1.82) is 0 Å². The molecule has 0 aliphatic carbocycles. The lowest BCUT2D eigenvalue weighted by atomic mass is 10.2. The molecule has 0 atom stereocenters. The molecule has 0 amide bonds. The average Bonchev–Trinajstić information content (AvgIpc) is 2.56. The number of hydrogen-bond donors (Lipinski definition) is 0. The van der Waals surface area contributed by atoms with E-state index in [4.69, 9.17) is 4.99 Å². The Morgan fingerprint density at radius 1 is 0.920 bits per heavy atom. The molecule has 5 nitrogen and oxygen atoms in total. The van der Waals surface area contributed by atoms with E-state index in [0.717, 1.165) is 32.0 Å². The maximum Gasteiger partial charge on any atom is 0.195 e. The normalized spacial score (nSPS) is 15.4. The first kappa shape index (κ1) is 22.2. The predicted molar refractivity (Wildman–Crippen MR) is 118 cm³/mol. The molecule has 1 aliphatic heterocycles. The van der Waals surface area contributed by atoms with E-state index in [1.807, 2.05) is 28.2 Å². The van der Waals surface area contributed by atoms with Gasteiger partial charge in [0.2, 0.25) is 0 Å². The summed E-state index contributed by atoms with van der Waals surface area (Å²) in [5.41, 5.74) is 1.42. The van der Waals surface area contributed by atoms with E-state index in [-0.39, 0.29) is 24.0 Å². The quantitative estimate of drug-likeness (QED) is 0.282. The largest absolute Gasteiger partial charge is 0.349 e. The Morgan fingerprint density at radius 3 is 2.04 bits per heavy atom. The first-order chi connectivity index (χ1) is 11.6. The van der Waals surface area contributed by atoms with E-state index in [1.165, 1.54) is 31.7 Å². The van der Waals surface area contributed by atoms with E-state index < -0.39 is 0 Å². The van der Waals surface area contributed by atoms with E-state index in [0.29, 0.717) is 0 Å². The molecule has 1 aromatic rings. The summed E-state index contributed by atoms with van der Waals surface area (Å²) in [6.45, 7) is 7.80. The fourth-order valence-corrected chi connectivity index (χ4v) is 3.17. The third kappa shape index (κ3) is 7.92. The summed E-state index contributed by atoms with van der Waals surface area (Å²) < 4.78 is 0. The zero-order chi connectivity index (χ0) is 17.4. The van der Waals surface area contributed by atoms with Gasteiger partial charge in [0.1, 0.15) is 0 Å². The van der Waals surface area contributed by atoms with Crippen molar-refractivity contribution in [2.24, 2.45) is 4.99 Å². The van der Waals surface area contributed by atoms with E-state index in [2.05, 4.69) is 49.9 Å². The van der Waals surface area contributed by atoms with Crippen LogP contribution in [0.4, 0.5) is 0 Å². The number of guanidine groups is 1. The summed E-state index contributed by atoms with van der Waals surface area (Å²) in [7, 11) is 8.19. The van der Waals surface area contributed by atoms with Gasteiger partial charge >= 0.3 is 0 Å². The smallest absolute Gasteiger partial charge is 0.195 e. The molecule has 0 bridgehead atoms. The molecule has 0 radical (unpaired) electrons. The number of piperazine rings is 1. The summed E-state index contributed by atoms with van der Waals surface area (Å²) in [6, 6.07) is 10.8. The highest BCUT2D eigenvalue weighted by molar-refractivity contribution is 14.0. The molecular weight excluding hydrogens is 425 g/mol. The van der Waals surface area contributed by atoms with Gasteiger partial charge in [-0.15, -0.1) is 24.0 Å². The molecule has 0 spiro atoms. The predicted octanol–water partition coefficient (Wildman–Crippen LogP) is 2.29. The second-order valence-corrected chi connectivity index (χ2v) is 6.93. The summed E-state index contributed by atoms with van der Waals surface area (Å²) in [5, 5.41) is 0. The Kier molecular flexibility index (Phi) is 10.4. The van der Waals surface area contributed by atoms with Gasteiger partial charge in [-0.25, -0.2) is 0 Å². The van der Waals surface area contributed by atoms with Crippen LogP contribution < -0.4 is 0 Å². The van der Waals surface area contributed by atoms with Crippen LogP contribution in [0.3, 0.4) is 0 Å². The molecular formula is C19H34IN5. The van der Waals surface area contributed by atoms with Crippen LogP contribution in [0.25, 0.3) is 0 Å². The highest BCUT2D eigenvalue weighted by Crippen LogP contribution is 2.08. The first-order valence-corrected chi connectivity index (χ1v) is 8.94. The Hall–Kier alpha value is -0.860. The van der Waals surface area contributed by atoms with Crippen molar-refractivity contribution in [1.82, 2.24) is 19.6 Å². The van der Waals surface area contributed by atoms with Gasteiger partial charge in [-0.05, 0) is 12.0 Å². The highest BCUT2D eigenvalue weighted by atomic mass is 127. The second kappa shape index (κ2) is 11.7. The number of benzene rings is 1. The molecule has 1 aliphatic rings. The van der Waals surface area contributed by atoms with Crippen molar-refractivity contribution >= 4 is 29.9 Å². The molecule has 1 saturated heterocycles. The summed E-state index contributed by atoms with van der Waals surface area (Å²) >= 11 is 0. The number of aliphatic imine (C=N–C) groups is 1. The third-order valence-electron chi connectivity index (χ3n) is 4.40. The van der Waals surface area contributed by atoms with Crippen molar-refractivity contribution in [3.05, 3.63) is 35.9 Å². The standard InChI is InChI=1S/C19H33N5.HI/c1-21(2)19(22(3)4)20-11-8-12-23-13-15-24(16-14-23)17-18-9-6-5-7-10-18;/h5-7,9-10H,8,11-17H2,1-4H3;1H. The minimum Gasteiger partial charge on any atom is -0.349 e. The molecule has 25 heavy (non-hydrogen) atoms. The lowest BCUT2D eigenvalue weighted by Gasteiger charge is -2.34. The fourth-order valence-electron chi connectivity index (χ4n) is 3.17. The van der Waals surface area contributed by atoms with Crippen LogP contribution in [0, 0.1) is 0 Å². The molecule has 0 saturated carbocycles. The fraction of sp³-hybridized carbons (Fsp3) is 0.632. The Bertz CT molecular complexity index is 486. The van der Waals surface area contributed by atoms with Gasteiger partial charge in [-0.2, -0.15) is 0 Å². The summed E-state index contributed by atoms with van der Waals surface area (Å²) in [5.74, 6) is 1.04. The number of hydrogen-bond acceptors (Lipinski definition) is 3. The Morgan fingerprint density at radius 2 is 1.48 bits per heavy atom. The maximum absolute atomic E-state index is 4.71. The number of nitrogens with zero attached hydrogens (tertiary/aromatic N) is 5. The minimum absolute atomic E-state index is 0. The minimum atomic E-state index is 0. The van der Waals surface area contributed by atoms with Crippen LogP contribution in [0.2, 0.25) is 0 Å². The molecule has 142 valence electrons. The third-order valence-corrected chi connectivity index (χ3v) is 4.40. The molecule has 1 heterocycles. The summed E-state index contributed by atoms with van der Waals surface area (Å²) in [6.07, 6.45) is 1.13. The lowest BCUT2D eigenvalue weighted by molar-refractivity contribution is 0.127. The van der Waals surface area contributed by atoms with Crippen LogP contribution in [-0.4, -0.2) is 93.0 Å². The molecule has 0 unspecified atom stereocenters. The monoisotopic (exact) mass is 459 g/mol. The number of halogens is 1. The van der Waals surface area contributed by atoms with Crippen LogP contribution in [0.15, 0.2) is 35.3 Å². The van der Waals surface area contributed by atoms with E-state index >= 15 is 0 Å². The van der Waals surface area contributed by atoms with Gasteiger partial charge in [0.05, 0.1) is 0 Å². The summed E-state index contributed by atoms with van der Waals surface area (Å²) in [4.78, 5) is 14.0. The zero-order valence-electron chi connectivity index (χ0n) is 16.2. The zero-order valence-corrected chi connectivity index (χ0v) is 18.5. The van der Waals surface area contributed by atoms with Crippen molar-refractivity contribution in [2.45, 2.75) is 13.0 Å². The highest BCUT2D eigenvalue weighted by Gasteiger charge is 2.16. The van der Waals surface area contributed by atoms with E-state index in [9.17, 15) is 0 Å². The van der Waals surface area contributed by atoms with Gasteiger partial charge in [-0.3, -0.25) is 9.89 Å². The van der Waals surface area contributed by atoms with Gasteiger partial charge in [0.25, 0.3) is 0 Å². The van der Waals surface area contributed by atoms with Gasteiger partial charge < -0.3 is 14.7 Å². The molecule has 0 N–H and O–H groups in total. The van der Waals surface area contributed by atoms with Crippen molar-refractivity contribution in [2.75, 3.05) is 67.5 Å². The van der Waals surface area contributed by atoms with Crippen LogP contribution >= 0.6 is 24.0 Å². The van der Waals surface area contributed by atoms with Gasteiger partial charge in [0.15, 0.2) is 5.96 Å². The molecule has 1 fully saturated rings.